The van der Waals surface area contributed by atoms with Crippen LogP contribution in [-0.4, -0.2) is 31.0 Å². The van der Waals surface area contributed by atoms with Gasteiger partial charge < -0.3 is 10.1 Å². The van der Waals surface area contributed by atoms with Crippen molar-refractivity contribution < 1.29 is 9.53 Å². The Kier molecular flexibility index (Phi) is 7.11. The summed E-state index contributed by atoms with van der Waals surface area (Å²) in [6.07, 6.45) is 0. The monoisotopic (exact) mass is 383 g/mol. The van der Waals surface area contributed by atoms with Gasteiger partial charge in [0.1, 0.15) is 0 Å². The summed E-state index contributed by atoms with van der Waals surface area (Å²) in [4.78, 5) is 11.7. The Bertz CT molecular complexity index is 388. The third-order valence-electron chi connectivity index (χ3n) is 1.94. The average molecular weight is 385 g/mol. The van der Waals surface area contributed by atoms with Gasteiger partial charge in [-0.3, -0.25) is 4.79 Å². The molecule has 0 aliphatic rings. The van der Waals surface area contributed by atoms with E-state index in [1.54, 1.807) is 18.2 Å². The summed E-state index contributed by atoms with van der Waals surface area (Å²) in [5.74, 6) is -0.134. The molecule has 0 aliphatic carbocycles. The Labute approximate surface area is 122 Å². The summed E-state index contributed by atoms with van der Waals surface area (Å²) in [6.45, 7) is 1.64. The van der Waals surface area contributed by atoms with E-state index in [0.29, 0.717) is 34.8 Å². The lowest BCUT2D eigenvalue weighted by Crippen LogP contribution is -2.27. The fourth-order valence-electron chi connectivity index (χ4n) is 1.13. The Hall–Kier alpha value is -0.100. The third kappa shape index (κ3) is 5.38. The van der Waals surface area contributed by atoms with Gasteiger partial charge in [0.05, 0.1) is 18.2 Å². The minimum Gasteiger partial charge on any atom is -0.379 e. The second-order valence-corrected chi connectivity index (χ2v) is 5.24. The number of carbonyl (C=O) groups excluding carboxylic acids is 1. The summed E-state index contributed by atoms with van der Waals surface area (Å²) in [5, 5.41) is 4.14. The third-order valence-corrected chi connectivity index (χ3v) is 3.47. The predicted octanol–water partition coefficient (Wildman–Crippen LogP) is 3.24. The van der Waals surface area contributed by atoms with Crippen molar-refractivity contribution >= 4 is 49.4 Å². The zero-order valence-corrected chi connectivity index (χ0v) is 12.9. The molecule has 1 aromatic rings. The van der Waals surface area contributed by atoms with Gasteiger partial charge in [-0.2, -0.15) is 0 Å². The number of carbonyl (C=O) groups is 1. The number of ether oxygens (including phenoxy) is 1. The van der Waals surface area contributed by atoms with Gasteiger partial charge in [-0.15, -0.1) is 0 Å². The number of hydrogen-bond donors (Lipinski definition) is 1. The Morgan fingerprint density at radius 1 is 1.41 bits per heavy atom. The van der Waals surface area contributed by atoms with Crippen LogP contribution < -0.4 is 5.32 Å². The zero-order valence-electron chi connectivity index (χ0n) is 9.01. The van der Waals surface area contributed by atoms with Gasteiger partial charge in [0, 0.05) is 21.9 Å². The molecule has 17 heavy (non-hydrogen) atoms. The van der Waals surface area contributed by atoms with Gasteiger partial charge in [0.25, 0.3) is 5.91 Å². The van der Waals surface area contributed by atoms with Crippen molar-refractivity contribution in [1.82, 2.24) is 5.32 Å². The molecule has 0 saturated heterocycles. The van der Waals surface area contributed by atoms with Crippen LogP contribution in [0.15, 0.2) is 22.7 Å². The highest BCUT2D eigenvalue weighted by molar-refractivity contribution is 9.10. The number of alkyl halides is 1. The molecule has 94 valence electrons. The first kappa shape index (κ1) is 15.0. The summed E-state index contributed by atoms with van der Waals surface area (Å²) in [6, 6.07) is 5.06. The van der Waals surface area contributed by atoms with E-state index in [4.69, 9.17) is 16.3 Å². The van der Waals surface area contributed by atoms with Crippen molar-refractivity contribution in [2.24, 2.45) is 0 Å². The van der Waals surface area contributed by atoms with Gasteiger partial charge in [-0.1, -0.05) is 27.5 Å². The number of hydrogen-bond acceptors (Lipinski definition) is 2. The van der Waals surface area contributed by atoms with Gasteiger partial charge in [0.2, 0.25) is 0 Å². The van der Waals surface area contributed by atoms with E-state index >= 15 is 0 Å². The number of halogens is 3. The van der Waals surface area contributed by atoms with Crippen LogP contribution in [0, 0.1) is 0 Å². The fourth-order valence-corrected chi connectivity index (χ4v) is 1.86. The largest absolute Gasteiger partial charge is 0.379 e. The molecule has 0 aromatic heterocycles. The van der Waals surface area contributed by atoms with Crippen molar-refractivity contribution in [2.45, 2.75) is 0 Å². The molecule has 0 radical (unpaired) electrons. The molecule has 0 saturated carbocycles. The van der Waals surface area contributed by atoms with Gasteiger partial charge in [-0.25, -0.2) is 0 Å². The lowest BCUT2D eigenvalue weighted by atomic mass is 10.2. The lowest BCUT2D eigenvalue weighted by Gasteiger charge is -2.06. The van der Waals surface area contributed by atoms with Crippen LogP contribution >= 0.6 is 43.5 Å². The second kappa shape index (κ2) is 8.08. The SMILES string of the molecule is O=C(NCCOCCBr)c1ccc(Cl)c(Br)c1. The molecule has 0 aliphatic heterocycles. The van der Waals surface area contributed by atoms with Crippen LogP contribution in [0.4, 0.5) is 0 Å². The number of benzene rings is 1. The molecule has 0 heterocycles. The first-order chi connectivity index (χ1) is 8.15. The predicted molar refractivity (Wildman–Crippen MR) is 76.1 cm³/mol. The van der Waals surface area contributed by atoms with Crippen molar-refractivity contribution in [2.75, 3.05) is 25.1 Å². The molecular formula is C11H12Br2ClNO2. The highest BCUT2D eigenvalue weighted by Gasteiger charge is 2.06. The Balaban J connectivity index is 2.39. The molecule has 0 atom stereocenters. The van der Waals surface area contributed by atoms with Crippen LogP contribution in [0.3, 0.4) is 0 Å². The standard InChI is InChI=1S/C11H12Br2ClNO2/c12-3-5-17-6-4-15-11(16)8-1-2-10(14)9(13)7-8/h1-2,7H,3-6H2,(H,15,16). The molecule has 3 nitrogen and oxygen atoms in total. The van der Waals surface area contributed by atoms with Crippen LogP contribution in [-0.2, 0) is 4.74 Å². The maximum absolute atomic E-state index is 11.7. The molecular weight excluding hydrogens is 373 g/mol. The van der Waals surface area contributed by atoms with Crippen LogP contribution in [0.1, 0.15) is 10.4 Å². The van der Waals surface area contributed by atoms with E-state index in [1.807, 2.05) is 0 Å². The van der Waals surface area contributed by atoms with Gasteiger partial charge in [-0.05, 0) is 34.1 Å². The lowest BCUT2D eigenvalue weighted by molar-refractivity contribution is 0.0924. The zero-order chi connectivity index (χ0) is 12.7. The van der Waals surface area contributed by atoms with E-state index in [-0.39, 0.29) is 5.91 Å². The van der Waals surface area contributed by atoms with E-state index in [9.17, 15) is 4.79 Å². The van der Waals surface area contributed by atoms with Crippen molar-refractivity contribution in [3.8, 4) is 0 Å². The molecule has 0 bridgehead atoms. The van der Waals surface area contributed by atoms with E-state index < -0.39 is 0 Å². The summed E-state index contributed by atoms with van der Waals surface area (Å²) in [7, 11) is 0. The fraction of sp³-hybridized carbons (Fsp3) is 0.364. The van der Waals surface area contributed by atoms with Crippen molar-refractivity contribution in [1.29, 1.82) is 0 Å². The minimum atomic E-state index is -0.134. The number of nitrogens with one attached hydrogen (secondary N) is 1. The van der Waals surface area contributed by atoms with Gasteiger partial charge >= 0.3 is 0 Å². The average Bonchev–Trinajstić information content (AvgIpc) is 2.32. The summed E-state index contributed by atoms with van der Waals surface area (Å²) >= 11 is 12.4. The quantitative estimate of drug-likeness (QED) is 0.603. The van der Waals surface area contributed by atoms with E-state index in [1.165, 1.54) is 0 Å². The van der Waals surface area contributed by atoms with Crippen LogP contribution in [0.2, 0.25) is 5.02 Å². The van der Waals surface area contributed by atoms with E-state index in [2.05, 4.69) is 37.2 Å². The second-order valence-electron chi connectivity index (χ2n) is 3.19. The number of rotatable bonds is 6. The normalized spacial score (nSPS) is 10.3. The Morgan fingerprint density at radius 2 is 2.18 bits per heavy atom. The highest BCUT2D eigenvalue weighted by Crippen LogP contribution is 2.23. The molecule has 0 spiro atoms. The molecule has 0 fully saturated rings. The summed E-state index contributed by atoms with van der Waals surface area (Å²) < 4.78 is 5.93. The van der Waals surface area contributed by atoms with Gasteiger partial charge in [0.15, 0.2) is 0 Å². The maximum Gasteiger partial charge on any atom is 0.251 e. The maximum atomic E-state index is 11.7. The Morgan fingerprint density at radius 3 is 2.82 bits per heavy atom. The van der Waals surface area contributed by atoms with Crippen molar-refractivity contribution in [3.63, 3.8) is 0 Å². The van der Waals surface area contributed by atoms with Crippen LogP contribution in [0.5, 0.6) is 0 Å². The summed E-state index contributed by atoms with van der Waals surface area (Å²) in [5.41, 5.74) is 0.571. The highest BCUT2D eigenvalue weighted by atomic mass is 79.9. The minimum absolute atomic E-state index is 0.134. The molecule has 0 unspecified atom stereocenters. The first-order valence-electron chi connectivity index (χ1n) is 5.02. The van der Waals surface area contributed by atoms with Crippen molar-refractivity contribution in [3.05, 3.63) is 33.3 Å². The number of amides is 1. The smallest absolute Gasteiger partial charge is 0.251 e. The first-order valence-corrected chi connectivity index (χ1v) is 7.31. The topological polar surface area (TPSA) is 38.3 Å². The molecule has 1 amide bonds. The molecule has 6 heteroatoms. The van der Waals surface area contributed by atoms with Crippen LogP contribution in [0.25, 0.3) is 0 Å². The molecule has 1 rings (SSSR count). The molecule has 1 aromatic carbocycles. The molecule has 1 N–H and O–H groups in total. The van der Waals surface area contributed by atoms with E-state index in [0.717, 1.165) is 5.33 Å².